The lowest BCUT2D eigenvalue weighted by atomic mass is 10.0. The minimum Gasteiger partial charge on any atom is -0.480 e. The average Bonchev–Trinajstić information content (AvgIpc) is 3.27. The van der Waals surface area contributed by atoms with Crippen LogP contribution in [-0.2, 0) is 14.4 Å². The number of carboxylic acid groups (broad SMARTS) is 1. The number of ether oxygens (including phenoxy) is 1. The number of amidine groups is 1. The molecule has 2 saturated heterocycles. The van der Waals surface area contributed by atoms with E-state index < -0.39 is 5.97 Å². The van der Waals surface area contributed by atoms with Gasteiger partial charge in [-0.2, -0.15) is 0 Å². The molecule has 0 spiro atoms. The molecule has 2 fully saturated rings. The molecule has 0 radical (unpaired) electrons. The number of oxime groups is 1. The third kappa shape index (κ3) is 5.81. The molecule has 3 heterocycles. The number of carboxylic acids is 1. The molecule has 3 aliphatic rings. The standard InChI is InChI=1S/C22H31N5O4/c23-22(27-11-7-24-8-12-27)17-3-1-16(2-4-17)20-13-19(31-25-20)14-26-9-5-18(6-10-26)30-15-21(28)29/h1-4,18-19,23-24H,5-15H2,(H,28,29). The van der Waals surface area contributed by atoms with Gasteiger partial charge >= 0.3 is 5.97 Å². The van der Waals surface area contributed by atoms with E-state index in [0.717, 1.165) is 81.9 Å². The van der Waals surface area contributed by atoms with Crippen LogP contribution in [0.2, 0.25) is 0 Å². The van der Waals surface area contributed by atoms with Gasteiger partial charge in [0.2, 0.25) is 0 Å². The number of nitrogens with zero attached hydrogens (tertiary/aromatic N) is 3. The first-order valence-electron chi connectivity index (χ1n) is 11.0. The molecule has 0 aliphatic carbocycles. The number of hydrogen-bond acceptors (Lipinski definition) is 7. The zero-order valence-corrected chi connectivity index (χ0v) is 17.8. The van der Waals surface area contributed by atoms with Crippen LogP contribution in [-0.4, -0.2) is 97.1 Å². The van der Waals surface area contributed by atoms with E-state index in [1.54, 1.807) is 0 Å². The monoisotopic (exact) mass is 429 g/mol. The van der Waals surface area contributed by atoms with Crippen LogP contribution in [0, 0.1) is 5.41 Å². The van der Waals surface area contributed by atoms with Crippen LogP contribution in [0.15, 0.2) is 29.4 Å². The molecule has 31 heavy (non-hydrogen) atoms. The fourth-order valence-electron chi connectivity index (χ4n) is 4.32. The summed E-state index contributed by atoms with van der Waals surface area (Å²) in [5.41, 5.74) is 2.92. The number of aliphatic carboxylic acids is 1. The lowest BCUT2D eigenvalue weighted by Crippen LogP contribution is -2.46. The van der Waals surface area contributed by atoms with Gasteiger partial charge in [0, 0.05) is 57.8 Å². The summed E-state index contributed by atoms with van der Waals surface area (Å²) in [4.78, 5) is 20.8. The molecule has 9 nitrogen and oxygen atoms in total. The third-order valence-corrected chi connectivity index (χ3v) is 6.10. The Hall–Kier alpha value is -2.49. The van der Waals surface area contributed by atoms with Crippen molar-refractivity contribution in [2.24, 2.45) is 5.16 Å². The highest BCUT2D eigenvalue weighted by Crippen LogP contribution is 2.21. The van der Waals surface area contributed by atoms with Crippen LogP contribution in [0.3, 0.4) is 0 Å². The highest BCUT2D eigenvalue weighted by Gasteiger charge is 2.27. The second-order valence-electron chi connectivity index (χ2n) is 8.34. The largest absolute Gasteiger partial charge is 0.480 e. The Morgan fingerprint density at radius 1 is 1.19 bits per heavy atom. The van der Waals surface area contributed by atoms with Crippen molar-refractivity contribution < 1.29 is 19.5 Å². The van der Waals surface area contributed by atoms with E-state index in [1.165, 1.54) is 0 Å². The van der Waals surface area contributed by atoms with Gasteiger partial charge < -0.3 is 24.9 Å². The molecular formula is C22H31N5O4. The Morgan fingerprint density at radius 3 is 2.58 bits per heavy atom. The summed E-state index contributed by atoms with van der Waals surface area (Å²) in [5.74, 6) is -0.341. The fourth-order valence-corrected chi connectivity index (χ4v) is 4.32. The first-order valence-corrected chi connectivity index (χ1v) is 11.0. The van der Waals surface area contributed by atoms with E-state index in [4.69, 9.17) is 20.1 Å². The Morgan fingerprint density at radius 2 is 1.90 bits per heavy atom. The Bertz CT molecular complexity index is 799. The minimum atomic E-state index is -0.917. The van der Waals surface area contributed by atoms with Crippen LogP contribution in [0.5, 0.6) is 0 Å². The molecule has 0 amide bonds. The fraction of sp³-hybridized carbons (Fsp3) is 0.591. The molecule has 168 valence electrons. The van der Waals surface area contributed by atoms with Crippen molar-refractivity contribution in [2.75, 3.05) is 52.4 Å². The quantitative estimate of drug-likeness (QED) is 0.438. The minimum absolute atomic E-state index is 0.0297. The normalized spacial score (nSPS) is 22.8. The highest BCUT2D eigenvalue weighted by molar-refractivity contribution is 6.02. The highest BCUT2D eigenvalue weighted by atomic mass is 16.6. The van der Waals surface area contributed by atoms with Crippen molar-refractivity contribution >= 4 is 17.5 Å². The number of carbonyl (C=O) groups is 1. The van der Waals surface area contributed by atoms with Gasteiger partial charge in [0.25, 0.3) is 0 Å². The van der Waals surface area contributed by atoms with Gasteiger partial charge in [-0.15, -0.1) is 0 Å². The first kappa shape index (κ1) is 21.7. The van der Waals surface area contributed by atoms with Crippen molar-refractivity contribution in [3.63, 3.8) is 0 Å². The molecule has 1 atom stereocenters. The number of rotatable bonds is 7. The van der Waals surface area contributed by atoms with Crippen molar-refractivity contribution in [1.29, 1.82) is 5.41 Å². The Balaban J connectivity index is 1.23. The van der Waals surface area contributed by atoms with Gasteiger partial charge in [-0.3, -0.25) is 10.3 Å². The van der Waals surface area contributed by atoms with Gasteiger partial charge in [-0.05, 0) is 18.4 Å². The van der Waals surface area contributed by atoms with E-state index in [-0.39, 0.29) is 18.8 Å². The zero-order valence-electron chi connectivity index (χ0n) is 17.8. The zero-order chi connectivity index (χ0) is 21.6. The number of likely N-dealkylation sites (tertiary alicyclic amines) is 1. The van der Waals surface area contributed by atoms with Crippen LogP contribution in [0.25, 0.3) is 0 Å². The van der Waals surface area contributed by atoms with Crippen molar-refractivity contribution in [3.05, 3.63) is 35.4 Å². The lowest BCUT2D eigenvalue weighted by molar-refractivity contribution is -0.145. The van der Waals surface area contributed by atoms with Crippen LogP contribution < -0.4 is 5.32 Å². The van der Waals surface area contributed by atoms with Crippen molar-refractivity contribution in [1.82, 2.24) is 15.1 Å². The summed E-state index contributed by atoms with van der Waals surface area (Å²) < 4.78 is 5.40. The third-order valence-electron chi connectivity index (χ3n) is 6.10. The predicted octanol–water partition coefficient (Wildman–Crippen LogP) is 0.976. The van der Waals surface area contributed by atoms with E-state index in [0.29, 0.717) is 5.84 Å². The molecule has 3 aliphatic heterocycles. The smallest absolute Gasteiger partial charge is 0.329 e. The Labute approximate surface area is 182 Å². The van der Waals surface area contributed by atoms with E-state index in [9.17, 15) is 4.79 Å². The maximum absolute atomic E-state index is 10.6. The maximum Gasteiger partial charge on any atom is 0.329 e. The summed E-state index contributed by atoms with van der Waals surface area (Å²) in [6, 6.07) is 8.05. The Kier molecular flexibility index (Phi) is 7.16. The van der Waals surface area contributed by atoms with E-state index in [1.807, 2.05) is 24.3 Å². The predicted molar refractivity (Wildman–Crippen MR) is 117 cm³/mol. The maximum atomic E-state index is 10.6. The number of piperidine rings is 1. The molecule has 0 aromatic heterocycles. The lowest BCUT2D eigenvalue weighted by Gasteiger charge is -2.32. The molecule has 1 aromatic rings. The van der Waals surface area contributed by atoms with E-state index in [2.05, 4.69) is 20.3 Å². The second kappa shape index (κ2) is 10.2. The number of piperazine rings is 1. The average molecular weight is 430 g/mol. The molecule has 9 heteroatoms. The molecule has 1 aromatic carbocycles. The summed E-state index contributed by atoms with van der Waals surface area (Å²) >= 11 is 0. The molecule has 0 saturated carbocycles. The van der Waals surface area contributed by atoms with Crippen LogP contribution in [0.4, 0.5) is 0 Å². The SMILES string of the molecule is N=C(c1ccc(C2=NOC(CN3CCC(OCC(=O)O)CC3)C2)cc1)N1CCNCC1. The van der Waals surface area contributed by atoms with Gasteiger partial charge in [-0.1, -0.05) is 29.4 Å². The number of hydrogen-bond donors (Lipinski definition) is 3. The molecule has 0 bridgehead atoms. The topological polar surface area (TPSA) is 110 Å². The summed E-state index contributed by atoms with van der Waals surface area (Å²) in [6.45, 7) is 5.92. The number of nitrogens with one attached hydrogen (secondary N) is 2. The van der Waals surface area contributed by atoms with Crippen LogP contribution >= 0.6 is 0 Å². The molecule has 4 rings (SSSR count). The summed E-state index contributed by atoms with van der Waals surface area (Å²) in [5, 5.41) is 24.8. The summed E-state index contributed by atoms with van der Waals surface area (Å²) in [7, 11) is 0. The van der Waals surface area contributed by atoms with Gasteiger partial charge in [0.05, 0.1) is 11.8 Å². The van der Waals surface area contributed by atoms with Gasteiger partial charge in [0.15, 0.2) is 0 Å². The molecule has 3 N–H and O–H groups in total. The number of benzene rings is 1. The second-order valence-corrected chi connectivity index (χ2v) is 8.34. The van der Waals surface area contributed by atoms with Crippen molar-refractivity contribution in [3.8, 4) is 0 Å². The van der Waals surface area contributed by atoms with E-state index >= 15 is 0 Å². The summed E-state index contributed by atoms with van der Waals surface area (Å²) in [6.07, 6.45) is 2.51. The molecular weight excluding hydrogens is 398 g/mol. The first-order chi connectivity index (χ1) is 15.1. The van der Waals surface area contributed by atoms with Crippen LogP contribution in [0.1, 0.15) is 30.4 Å². The van der Waals surface area contributed by atoms with Crippen molar-refractivity contribution in [2.45, 2.75) is 31.5 Å². The van der Waals surface area contributed by atoms with Gasteiger partial charge in [0.1, 0.15) is 18.5 Å². The molecule has 1 unspecified atom stereocenters. The van der Waals surface area contributed by atoms with Gasteiger partial charge in [-0.25, -0.2) is 4.79 Å².